The molecule has 1 aliphatic rings. The summed E-state index contributed by atoms with van der Waals surface area (Å²) >= 11 is 0. The van der Waals surface area contributed by atoms with Crippen molar-refractivity contribution in [3.8, 4) is 0 Å². The SMILES string of the molecule is CC1CC1CNc1nn(C)c(=O)n(C)c1=O. The van der Waals surface area contributed by atoms with Crippen molar-refractivity contribution in [1.82, 2.24) is 14.3 Å². The summed E-state index contributed by atoms with van der Waals surface area (Å²) in [6.07, 6.45) is 1.19. The van der Waals surface area contributed by atoms with Gasteiger partial charge in [0, 0.05) is 20.6 Å². The number of aromatic nitrogens is 3. The molecule has 16 heavy (non-hydrogen) atoms. The van der Waals surface area contributed by atoms with Crippen molar-refractivity contribution in [2.24, 2.45) is 25.9 Å². The largest absolute Gasteiger partial charge is 0.364 e. The highest BCUT2D eigenvalue weighted by molar-refractivity contribution is 5.29. The number of rotatable bonds is 3. The minimum Gasteiger partial charge on any atom is -0.364 e. The summed E-state index contributed by atoms with van der Waals surface area (Å²) in [5.41, 5.74) is -0.772. The van der Waals surface area contributed by atoms with Crippen molar-refractivity contribution < 1.29 is 0 Å². The number of nitrogens with zero attached hydrogens (tertiary/aromatic N) is 3. The Kier molecular flexibility index (Phi) is 2.57. The van der Waals surface area contributed by atoms with Gasteiger partial charge < -0.3 is 5.32 Å². The van der Waals surface area contributed by atoms with Gasteiger partial charge in [0.1, 0.15) is 0 Å². The third-order valence-electron chi connectivity index (χ3n) is 3.13. The van der Waals surface area contributed by atoms with Crippen molar-refractivity contribution in [3.63, 3.8) is 0 Å². The first kappa shape index (κ1) is 10.9. The van der Waals surface area contributed by atoms with Gasteiger partial charge in [0.05, 0.1) is 0 Å². The highest BCUT2D eigenvalue weighted by Gasteiger charge is 2.32. The number of aryl methyl sites for hydroxylation is 1. The Bertz CT molecular complexity index is 517. The maximum absolute atomic E-state index is 11.7. The molecule has 6 nitrogen and oxygen atoms in total. The van der Waals surface area contributed by atoms with Gasteiger partial charge in [-0.15, -0.1) is 5.10 Å². The lowest BCUT2D eigenvalue weighted by Crippen LogP contribution is -2.40. The highest BCUT2D eigenvalue weighted by Crippen LogP contribution is 2.37. The van der Waals surface area contributed by atoms with Gasteiger partial charge >= 0.3 is 5.69 Å². The molecule has 0 bridgehead atoms. The lowest BCUT2D eigenvalue weighted by Gasteiger charge is -2.07. The Balaban J connectivity index is 2.21. The van der Waals surface area contributed by atoms with Crippen LogP contribution in [0.25, 0.3) is 0 Å². The monoisotopic (exact) mass is 224 g/mol. The molecule has 0 radical (unpaired) electrons. The Hall–Kier alpha value is -1.59. The van der Waals surface area contributed by atoms with Crippen LogP contribution in [0.4, 0.5) is 5.82 Å². The van der Waals surface area contributed by atoms with Crippen LogP contribution in [0.3, 0.4) is 0 Å². The first-order chi connectivity index (χ1) is 7.50. The predicted octanol–water partition coefficient (Wildman–Crippen LogP) is -0.453. The van der Waals surface area contributed by atoms with E-state index in [0.717, 1.165) is 17.0 Å². The zero-order valence-electron chi connectivity index (χ0n) is 9.73. The topological polar surface area (TPSA) is 68.9 Å². The van der Waals surface area contributed by atoms with Crippen LogP contribution < -0.4 is 16.6 Å². The zero-order valence-corrected chi connectivity index (χ0v) is 9.73. The van der Waals surface area contributed by atoms with Crippen LogP contribution in [-0.2, 0) is 14.1 Å². The lowest BCUT2D eigenvalue weighted by atomic mass is 10.3. The average Bonchev–Trinajstić information content (AvgIpc) is 2.95. The second-order valence-electron chi connectivity index (χ2n) is 4.47. The minimum atomic E-state index is -0.407. The van der Waals surface area contributed by atoms with E-state index in [2.05, 4.69) is 17.3 Å². The van der Waals surface area contributed by atoms with Gasteiger partial charge in [0.15, 0.2) is 0 Å². The number of hydrogen-bond acceptors (Lipinski definition) is 4. The van der Waals surface area contributed by atoms with E-state index in [0.29, 0.717) is 5.92 Å². The van der Waals surface area contributed by atoms with E-state index in [4.69, 9.17) is 0 Å². The van der Waals surface area contributed by atoms with Crippen LogP contribution in [0.15, 0.2) is 9.59 Å². The zero-order chi connectivity index (χ0) is 11.9. The highest BCUT2D eigenvalue weighted by atomic mass is 16.2. The average molecular weight is 224 g/mol. The fourth-order valence-corrected chi connectivity index (χ4v) is 1.72. The molecular weight excluding hydrogens is 208 g/mol. The molecule has 1 aliphatic carbocycles. The molecule has 2 unspecified atom stereocenters. The molecule has 0 saturated heterocycles. The molecule has 88 valence electrons. The van der Waals surface area contributed by atoms with Gasteiger partial charge in [0.2, 0.25) is 5.82 Å². The van der Waals surface area contributed by atoms with Crippen LogP contribution in [0, 0.1) is 11.8 Å². The Morgan fingerprint density at radius 2 is 2.06 bits per heavy atom. The van der Waals surface area contributed by atoms with Crippen molar-refractivity contribution >= 4 is 5.82 Å². The van der Waals surface area contributed by atoms with E-state index in [9.17, 15) is 9.59 Å². The van der Waals surface area contributed by atoms with Crippen molar-refractivity contribution in [2.75, 3.05) is 11.9 Å². The van der Waals surface area contributed by atoms with Gasteiger partial charge in [-0.3, -0.25) is 9.36 Å². The van der Waals surface area contributed by atoms with Crippen LogP contribution in [0.1, 0.15) is 13.3 Å². The molecule has 1 saturated carbocycles. The summed E-state index contributed by atoms with van der Waals surface area (Å²) in [7, 11) is 2.99. The number of nitrogens with one attached hydrogen (secondary N) is 1. The van der Waals surface area contributed by atoms with Crippen molar-refractivity contribution in [2.45, 2.75) is 13.3 Å². The van der Waals surface area contributed by atoms with E-state index in [1.807, 2.05) is 0 Å². The van der Waals surface area contributed by atoms with Gasteiger partial charge in [-0.1, -0.05) is 6.92 Å². The smallest absolute Gasteiger partial charge is 0.346 e. The van der Waals surface area contributed by atoms with Crippen LogP contribution in [0.2, 0.25) is 0 Å². The second kappa shape index (κ2) is 3.77. The molecule has 2 atom stereocenters. The molecule has 6 heteroatoms. The molecule has 0 aromatic carbocycles. The van der Waals surface area contributed by atoms with Gasteiger partial charge in [-0.25, -0.2) is 9.48 Å². The van der Waals surface area contributed by atoms with Gasteiger partial charge in [0.25, 0.3) is 5.56 Å². The van der Waals surface area contributed by atoms with Gasteiger partial charge in [-0.05, 0) is 18.3 Å². The first-order valence-corrected chi connectivity index (χ1v) is 5.39. The standard InChI is InChI=1S/C10H16N4O2/c1-6-4-7(6)5-11-8-9(15)13(2)10(16)14(3)12-8/h6-7H,4-5H2,1-3H3,(H,11,12). The summed E-state index contributed by atoms with van der Waals surface area (Å²) in [6, 6.07) is 0. The van der Waals surface area contributed by atoms with Crippen LogP contribution >= 0.6 is 0 Å². The van der Waals surface area contributed by atoms with Gasteiger partial charge in [-0.2, -0.15) is 0 Å². The molecule has 1 heterocycles. The molecule has 1 aromatic rings. The molecule has 2 rings (SSSR count). The summed E-state index contributed by atoms with van der Waals surface area (Å²) in [5.74, 6) is 1.61. The fraction of sp³-hybridized carbons (Fsp3) is 0.700. The van der Waals surface area contributed by atoms with Crippen molar-refractivity contribution in [3.05, 3.63) is 20.8 Å². The third-order valence-corrected chi connectivity index (χ3v) is 3.13. The predicted molar refractivity (Wildman–Crippen MR) is 60.5 cm³/mol. The summed E-state index contributed by atoms with van der Waals surface area (Å²) in [4.78, 5) is 23.1. The van der Waals surface area contributed by atoms with Crippen molar-refractivity contribution in [1.29, 1.82) is 0 Å². The molecule has 1 fully saturated rings. The second-order valence-corrected chi connectivity index (χ2v) is 4.47. The first-order valence-electron chi connectivity index (χ1n) is 5.39. The van der Waals surface area contributed by atoms with Crippen LogP contribution in [-0.4, -0.2) is 20.9 Å². The Morgan fingerprint density at radius 3 is 2.62 bits per heavy atom. The van der Waals surface area contributed by atoms with E-state index in [-0.39, 0.29) is 11.4 Å². The molecule has 0 amide bonds. The summed E-state index contributed by atoms with van der Waals surface area (Å²) in [6.45, 7) is 2.93. The number of hydrogen-bond donors (Lipinski definition) is 1. The summed E-state index contributed by atoms with van der Waals surface area (Å²) in [5, 5.41) is 6.93. The van der Waals surface area contributed by atoms with E-state index in [1.165, 1.54) is 25.2 Å². The summed E-state index contributed by atoms with van der Waals surface area (Å²) < 4.78 is 2.23. The minimum absolute atomic E-state index is 0.253. The fourth-order valence-electron chi connectivity index (χ4n) is 1.72. The lowest BCUT2D eigenvalue weighted by molar-refractivity contribution is 0.602. The Morgan fingerprint density at radius 1 is 1.44 bits per heavy atom. The maximum atomic E-state index is 11.7. The maximum Gasteiger partial charge on any atom is 0.346 e. The molecule has 0 spiro atoms. The van der Waals surface area contributed by atoms with E-state index >= 15 is 0 Å². The number of anilines is 1. The quantitative estimate of drug-likeness (QED) is 0.755. The van der Waals surface area contributed by atoms with Crippen LogP contribution in [0.5, 0.6) is 0 Å². The third kappa shape index (κ3) is 1.87. The molecule has 1 N–H and O–H groups in total. The van der Waals surface area contributed by atoms with E-state index in [1.54, 1.807) is 0 Å². The Labute approximate surface area is 92.9 Å². The molecular formula is C10H16N4O2. The normalized spacial score (nSPS) is 23.2. The van der Waals surface area contributed by atoms with E-state index < -0.39 is 5.69 Å². The molecule has 0 aliphatic heterocycles. The molecule has 1 aromatic heterocycles.